The van der Waals surface area contributed by atoms with Crippen molar-refractivity contribution in [2.75, 3.05) is 6.61 Å². The second-order valence-corrected chi connectivity index (χ2v) is 5.20. The third-order valence-corrected chi connectivity index (χ3v) is 3.17. The number of rotatable bonds is 5. The van der Waals surface area contributed by atoms with Crippen molar-refractivity contribution in [2.45, 2.75) is 12.8 Å². The van der Waals surface area contributed by atoms with Gasteiger partial charge in [-0.1, -0.05) is 41.9 Å². The Kier molecular flexibility index (Phi) is 5.02. The number of benzene rings is 1. The molecule has 0 aliphatic heterocycles. The van der Waals surface area contributed by atoms with E-state index in [2.05, 4.69) is 33.0 Å². The molecule has 94 valence electrons. The number of pyridine rings is 1. The average Bonchev–Trinajstić information content (AvgIpc) is 2.38. The predicted molar refractivity (Wildman–Crippen MR) is 77.2 cm³/mol. The van der Waals surface area contributed by atoms with Crippen LogP contribution in [0.2, 0.25) is 5.02 Å². The Bertz CT molecular complexity index is 504. The molecule has 0 N–H and O–H groups in total. The maximum absolute atomic E-state index is 6.01. The van der Waals surface area contributed by atoms with Crippen molar-refractivity contribution in [3.63, 3.8) is 0 Å². The molecular weight excluding hydrogens is 314 g/mol. The molecule has 0 saturated carbocycles. The molecule has 1 aromatic heterocycles. The summed E-state index contributed by atoms with van der Waals surface area (Å²) < 4.78 is 6.40. The maximum atomic E-state index is 6.01. The van der Waals surface area contributed by atoms with Gasteiger partial charge in [0.1, 0.15) is 5.02 Å². The Balaban J connectivity index is 1.79. The highest BCUT2D eigenvalue weighted by atomic mass is 79.9. The van der Waals surface area contributed by atoms with Crippen LogP contribution < -0.4 is 4.74 Å². The van der Waals surface area contributed by atoms with Gasteiger partial charge in [-0.25, -0.2) is 4.98 Å². The van der Waals surface area contributed by atoms with Crippen molar-refractivity contribution >= 4 is 27.5 Å². The fourth-order valence-electron chi connectivity index (χ4n) is 1.60. The second kappa shape index (κ2) is 6.76. The lowest BCUT2D eigenvalue weighted by Crippen LogP contribution is -2.01. The lowest BCUT2D eigenvalue weighted by molar-refractivity contribution is 0.299. The molecule has 0 unspecified atom stereocenters. The molecule has 0 saturated heterocycles. The topological polar surface area (TPSA) is 22.1 Å². The van der Waals surface area contributed by atoms with E-state index in [1.165, 1.54) is 5.56 Å². The number of ether oxygens (including phenoxy) is 1. The van der Waals surface area contributed by atoms with E-state index in [1.807, 2.05) is 18.2 Å². The van der Waals surface area contributed by atoms with E-state index in [4.69, 9.17) is 16.3 Å². The standard InChI is InChI=1S/C14H13BrClNO/c15-12-9-13(16)14(17-10-12)18-8-4-7-11-5-2-1-3-6-11/h1-3,5-6,9-10H,4,7-8H2. The maximum Gasteiger partial charge on any atom is 0.232 e. The Morgan fingerprint density at radius 3 is 2.72 bits per heavy atom. The van der Waals surface area contributed by atoms with Gasteiger partial charge in [-0.15, -0.1) is 0 Å². The van der Waals surface area contributed by atoms with E-state index in [0.29, 0.717) is 17.5 Å². The number of hydrogen-bond donors (Lipinski definition) is 0. The summed E-state index contributed by atoms with van der Waals surface area (Å²) in [6.45, 7) is 0.614. The van der Waals surface area contributed by atoms with Gasteiger partial charge in [0, 0.05) is 10.7 Å². The summed E-state index contributed by atoms with van der Waals surface area (Å²) in [4.78, 5) is 4.12. The summed E-state index contributed by atoms with van der Waals surface area (Å²) in [6.07, 6.45) is 3.62. The zero-order valence-electron chi connectivity index (χ0n) is 9.77. The lowest BCUT2D eigenvalue weighted by Gasteiger charge is -2.07. The Labute approximate surface area is 120 Å². The lowest BCUT2D eigenvalue weighted by atomic mass is 10.1. The van der Waals surface area contributed by atoms with Crippen LogP contribution in [0.15, 0.2) is 47.1 Å². The minimum Gasteiger partial charge on any atom is -0.477 e. The number of aryl methyl sites for hydroxylation is 1. The first kappa shape index (κ1) is 13.4. The van der Waals surface area contributed by atoms with Crippen molar-refractivity contribution in [1.82, 2.24) is 4.98 Å². The molecule has 0 atom stereocenters. The van der Waals surface area contributed by atoms with Gasteiger partial charge in [0.15, 0.2) is 0 Å². The van der Waals surface area contributed by atoms with Gasteiger partial charge in [0.25, 0.3) is 0 Å². The highest BCUT2D eigenvalue weighted by Crippen LogP contribution is 2.24. The van der Waals surface area contributed by atoms with Crippen LogP contribution in [0.25, 0.3) is 0 Å². The van der Waals surface area contributed by atoms with E-state index in [0.717, 1.165) is 17.3 Å². The van der Waals surface area contributed by atoms with Gasteiger partial charge < -0.3 is 4.74 Å². The van der Waals surface area contributed by atoms with Crippen LogP contribution in [-0.4, -0.2) is 11.6 Å². The average molecular weight is 327 g/mol. The summed E-state index contributed by atoms with van der Waals surface area (Å²) in [7, 11) is 0. The normalized spacial score (nSPS) is 10.3. The molecule has 2 aromatic rings. The van der Waals surface area contributed by atoms with Crippen molar-refractivity contribution in [2.24, 2.45) is 0 Å². The van der Waals surface area contributed by atoms with Crippen molar-refractivity contribution < 1.29 is 4.74 Å². The van der Waals surface area contributed by atoms with Crippen LogP contribution in [0, 0.1) is 0 Å². The number of hydrogen-bond acceptors (Lipinski definition) is 2. The fraction of sp³-hybridized carbons (Fsp3) is 0.214. The third kappa shape index (κ3) is 4.00. The molecule has 2 nitrogen and oxygen atoms in total. The minimum absolute atomic E-state index is 0.493. The van der Waals surface area contributed by atoms with Crippen LogP contribution in [0.1, 0.15) is 12.0 Å². The molecule has 2 rings (SSSR count). The molecule has 1 heterocycles. The summed E-state index contributed by atoms with van der Waals surface area (Å²) in [5.74, 6) is 0.493. The molecule has 0 aliphatic rings. The molecule has 0 spiro atoms. The zero-order valence-corrected chi connectivity index (χ0v) is 12.1. The van der Waals surface area contributed by atoms with Gasteiger partial charge >= 0.3 is 0 Å². The van der Waals surface area contributed by atoms with Gasteiger partial charge in [-0.05, 0) is 40.4 Å². The van der Waals surface area contributed by atoms with Crippen molar-refractivity contribution in [3.05, 3.63) is 57.7 Å². The Hall–Kier alpha value is -1.06. The monoisotopic (exact) mass is 325 g/mol. The fourth-order valence-corrected chi connectivity index (χ4v) is 2.28. The molecule has 18 heavy (non-hydrogen) atoms. The summed E-state index contributed by atoms with van der Waals surface area (Å²) in [5.41, 5.74) is 1.32. The molecule has 0 fully saturated rings. The molecule has 0 amide bonds. The van der Waals surface area contributed by atoms with Crippen LogP contribution in [0.5, 0.6) is 5.88 Å². The zero-order chi connectivity index (χ0) is 12.8. The van der Waals surface area contributed by atoms with E-state index in [-0.39, 0.29) is 0 Å². The van der Waals surface area contributed by atoms with E-state index < -0.39 is 0 Å². The van der Waals surface area contributed by atoms with Crippen LogP contribution in [0.4, 0.5) is 0 Å². The predicted octanol–water partition coefficient (Wildman–Crippen LogP) is 4.51. The summed E-state index contributed by atoms with van der Waals surface area (Å²) >= 11 is 9.31. The van der Waals surface area contributed by atoms with E-state index in [9.17, 15) is 0 Å². The number of halogens is 2. The molecule has 0 radical (unpaired) electrons. The van der Waals surface area contributed by atoms with Crippen molar-refractivity contribution in [1.29, 1.82) is 0 Å². The highest BCUT2D eigenvalue weighted by molar-refractivity contribution is 9.10. The summed E-state index contributed by atoms with van der Waals surface area (Å²) in [6, 6.07) is 12.1. The molecule has 1 aromatic carbocycles. The molecule has 0 bridgehead atoms. The van der Waals surface area contributed by atoms with E-state index >= 15 is 0 Å². The SMILES string of the molecule is Clc1cc(Br)cnc1OCCCc1ccccc1. The summed E-state index contributed by atoms with van der Waals surface area (Å²) in [5, 5.41) is 0.532. The van der Waals surface area contributed by atoms with E-state index in [1.54, 1.807) is 12.3 Å². The van der Waals surface area contributed by atoms with Gasteiger partial charge in [-0.3, -0.25) is 0 Å². The quantitative estimate of drug-likeness (QED) is 0.754. The number of aromatic nitrogens is 1. The van der Waals surface area contributed by atoms with Crippen LogP contribution in [0.3, 0.4) is 0 Å². The van der Waals surface area contributed by atoms with Crippen LogP contribution in [-0.2, 0) is 6.42 Å². The smallest absolute Gasteiger partial charge is 0.232 e. The van der Waals surface area contributed by atoms with Gasteiger partial charge in [0.2, 0.25) is 5.88 Å². The first-order valence-corrected chi connectivity index (χ1v) is 6.90. The Morgan fingerprint density at radius 2 is 2.00 bits per heavy atom. The first-order valence-electron chi connectivity index (χ1n) is 5.73. The minimum atomic E-state index is 0.493. The third-order valence-electron chi connectivity index (χ3n) is 2.47. The number of nitrogens with zero attached hydrogens (tertiary/aromatic N) is 1. The highest BCUT2D eigenvalue weighted by Gasteiger charge is 2.03. The van der Waals surface area contributed by atoms with Crippen molar-refractivity contribution in [3.8, 4) is 5.88 Å². The molecule has 4 heteroatoms. The second-order valence-electron chi connectivity index (χ2n) is 3.88. The largest absolute Gasteiger partial charge is 0.477 e. The molecular formula is C14H13BrClNO. The first-order chi connectivity index (χ1) is 8.75. The van der Waals surface area contributed by atoms with Crippen LogP contribution >= 0.6 is 27.5 Å². The van der Waals surface area contributed by atoms with Gasteiger partial charge in [-0.2, -0.15) is 0 Å². The Morgan fingerprint density at radius 1 is 1.22 bits per heavy atom. The van der Waals surface area contributed by atoms with Gasteiger partial charge in [0.05, 0.1) is 6.61 Å². The molecule has 0 aliphatic carbocycles.